The minimum atomic E-state index is -0.743. The molecule has 0 saturated carbocycles. The summed E-state index contributed by atoms with van der Waals surface area (Å²) < 4.78 is 0. The number of rotatable bonds is 2. The van der Waals surface area contributed by atoms with E-state index in [-0.39, 0.29) is 17.1 Å². The summed E-state index contributed by atoms with van der Waals surface area (Å²) in [6.45, 7) is 0. The SMILES string of the molecule is COOC(=O)c1cc(O)c2cccc(O)c2c1. The first-order valence-corrected chi connectivity index (χ1v) is 4.83. The Kier molecular flexibility index (Phi) is 2.84. The molecule has 0 aliphatic rings. The first-order valence-electron chi connectivity index (χ1n) is 4.83. The second-order valence-corrected chi connectivity index (χ2v) is 3.41. The van der Waals surface area contributed by atoms with Crippen LogP contribution in [0, 0.1) is 0 Å². The van der Waals surface area contributed by atoms with Crippen molar-refractivity contribution in [3.63, 3.8) is 0 Å². The van der Waals surface area contributed by atoms with E-state index in [4.69, 9.17) is 0 Å². The Morgan fingerprint density at radius 3 is 2.59 bits per heavy atom. The molecular weight excluding hydrogens is 224 g/mol. The molecule has 2 N–H and O–H groups in total. The zero-order chi connectivity index (χ0) is 12.4. The zero-order valence-electron chi connectivity index (χ0n) is 9.01. The maximum atomic E-state index is 11.4. The van der Waals surface area contributed by atoms with Gasteiger partial charge in [-0.15, -0.1) is 0 Å². The van der Waals surface area contributed by atoms with Gasteiger partial charge in [-0.05, 0) is 18.2 Å². The lowest BCUT2D eigenvalue weighted by molar-refractivity contribution is -0.216. The van der Waals surface area contributed by atoms with Crippen LogP contribution in [0.5, 0.6) is 11.5 Å². The summed E-state index contributed by atoms with van der Waals surface area (Å²) in [6.07, 6.45) is 0. The highest BCUT2D eigenvalue weighted by Gasteiger charge is 2.13. The molecule has 0 spiro atoms. The minimum absolute atomic E-state index is 0.0233. The van der Waals surface area contributed by atoms with Crippen molar-refractivity contribution in [2.75, 3.05) is 7.11 Å². The van der Waals surface area contributed by atoms with Crippen LogP contribution in [0.4, 0.5) is 0 Å². The van der Waals surface area contributed by atoms with Gasteiger partial charge in [-0.1, -0.05) is 12.1 Å². The maximum absolute atomic E-state index is 11.4. The van der Waals surface area contributed by atoms with Gasteiger partial charge in [0.25, 0.3) is 0 Å². The van der Waals surface area contributed by atoms with Crippen LogP contribution in [-0.4, -0.2) is 23.3 Å². The fraction of sp³-hybridized carbons (Fsp3) is 0.0833. The van der Waals surface area contributed by atoms with E-state index in [1.54, 1.807) is 12.1 Å². The van der Waals surface area contributed by atoms with Crippen LogP contribution >= 0.6 is 0 Å². The molecule has 0 aromatic heterocycles. The molecule has 0 atom stereocenters. The van der Waals surface area contributed by atoms with Crippen LogP contribution in [0.3, 0.4) is 0 Å². The number of phenolic OH excluding ortho intramolecular Hbond substituents is 2. The second kappa shape index (κ2) is 4.31. The summed E-state index contributed by atoms with van der Waals surface area (Å²) in [4.78, 5) is 20.0. The highest BCUT2D eigenvalue weighted by Crippen LogP contribution is 2.32. The van der Waals surface area contributed by atoms with E-state index in [0.29, 0.717) is 10.8 Å². The predicted octanol–water partition coefficient (Wildman–Crippen LogP) is 1.97. The van der Waals surface area contributed by atoms with Gasteiger partial charge in [0.05, 0.1) is 12.7 Å². The molecule has 5 nitrogen and oxygen atoms in total. The molecule has 0 amide bonds. The van der Waals surface area contributed by atoms with Crippen molar-refractivity contribution in [1.82, 2.24) is 0 Å². The van der Waals surface area contributed by atoms with Crippen molar-refractivity contribution in [2.24, 2.45) is 0 Å². The Morgan fingerprint density at radius 2 is 1.88 bits per heavy atom. The number of fused-ring (bicyclic) bond motifs is 1. The highest BCUT2D eigenvalue weighted by atomic mass is 17.2. The molecule has 2 aromatic carbocycles. The number of carbonyl (C=O) groups excluding carboxylic acids is 1. The molecule has 88 valence electrons. The van der Waals surface area contributed by atoms with Gasteiger partial charge in [-0.3, -0.25) is 4.89 Å². The summed E-state index contributed by atoms with van der Waals surface area (Å²) in [7, 11) is 1.20. The lowest BCUT2D eigenvalue weighted by Gasteiger charge is -2.06. The molecule has 17 heavy (non-hydrogen) atoms. The molecular formula is C12H10O5. The summed E-state index contributed by atoms with van der Waals surface area (Å²) >= 11 is 0. The lowest BCUT2D eigenvalue weighted by atomic mass is 10.1. The van der Waals surface area contributed by atoms with Crippen LogP contribution in [0.15, 0.2) is 30.3 Å². The molecule has 0 unspecified atom stereocenters. The molecule has 0 aliphatic heterocycles. The van der Waals surface area contributed by atoms with E-state index in [0.717, 1.165) is 0 Å². The number of carbonyl (C=O) groups is 1. The van der Waals surface area contributed by atoms with Gasteiger partial charge in [0.15, 0.2) is 0 Å². The standard InChI is InChI=1S/C12H10O5/c1-16-17-12(15)7-5-9-8(11(14)6-7)3-2-4-10(9)13/h2-6,13-14H,1H3. The van der Waals surface area contributed by atoms with E-state index in [2.05, 4.69) is 9.78 Å². The van der Waals surface area contributed by atoms with Crippen LogP contribution in [0.2, 0.25) is 0 Å². The largest absolute Gasteiger partial charge is 0.507 e. The van der Waals surface area contributed by atoms with Crippen LogP contribution < -0.4 is 0 Å². The molecule has 0 heterocycles. The van der Waals surface area contributed by atoms with E-state index in [1.165, 1.54) is 25.3 Å². The van der Waals surface area contributed by atoms with Crippen LogP contribution in [0.25, 0.3) is 10.8 Å². The number of hydrogen-bond acceptors (Lipinski definition) is 5. The monoisotopic (exact) mass is 234 g/mol. The highest BCUT2D eigenvalue weighted by molar-refractivity contribution is 6.00. The minimum Gasteiger partial charge on any atom is -0.507 e. The van der Waals surface area contributed by atoms with Gasteiger partial charge in [-0.2, -0.15) is 4.89 Å². The summed E-state index contributed by atoms with van der Waals surface area (Å²) in [6, 6.07) is 7.38. The van der Waals surface area contributed by atoms with Crippen LogP contribution in [-0.2, 0) is 9.78 Å². The summed E-state index contributed by atoms with van der Waals surface area (Å²) in [5.74, 6) is -0.876. The Balaban J connectivity index is 2.62. The third kappa shape index (κ3) is 2.00. The predicted molar refractivity (Wildman–Crippen MR) is 59.7 cm³/mol. The quantitative estimate of drug-likeness (QED) is 0.613. The normalized spacial score (nSPS) is 10.4. The first-order chi connectivity index (χ1) is 8.13. The van der Waals surface area contributed by atoms with Gasteiger partial charge in [-0.25, -0.2) is 4.79 Å². The van der Waals surface area contributed by atoms with E-state index < -0.39 is 5.97 Å². The summed E-state index contributed by atoms with van der Waals surface area (Å²) in [5, 5.41) is 20.2. The maximum Gasteiger partial charge on any atom is 0.373 e. The smallest absolute Gasteiger partial charge is 0.373 e. The van der Waals surface area contributed by atoms with Crippen molar-refractivity contribution in [1.29, 1.82) is 0 Å². The van der Waals surface area contributed by atoms with E-state index in [9.17, 15) is 15.0 Å². The van der Waals surface area contributed by atoms with Gasteiger partial charge in [0, 0.05) is 10.8 Å². The fourth-order valence-corrected chi connectivity index (χ4v) is 1.59. The van der Waals surface area contributed by atoms with Gasteiger partial charge < -0.3 is 10.2 Å². The molecule has 0 bridgehead atoms. The van der Waals surface area contributed by atoms with E-state index in [1.807, 2.05) is 0 Å². The zero-order valence-corrected chi connectivity index (χ0v) is 9.01. The first kappa shape index (κ1) is 11.2. The van der Waals surface area contributed by atoms with Crippen molar-refractivity contribution >= 4 is 16.7 Å². The second-order valence-electron chi connectivity index (χ2n) is 3.41. The van der Waals surface area contributed by atoms with E-state index >= 15 is 0 Å². The van der Waals surface area contributed by atoms with Gasteiger partial charge >= 0.3 is 5.97 Å². The third-order valence-corrected chi connectivity index (χ3v) is 2.35. The van der Waals surface area contributed by atoms with Crippen molar-refractivity contribution < 1.29 is 24.8 Å². The summed E-state index contributed by atoms with van der Waals surface area (Å²) in [5.41, 5.74) is 0.0957. The average molecular weight is 234 g/mol. The van der Waals surface area contributed by atoms with Crippen molar-refractivity contribution in [3.8, 4) is 11.5 Å². The van der Waals surface area contributed by atoms with Crippen molar-refractivity contribution in [2.45, 2.75) is 0 Å². The Labute approximate surface area is 96.7 Å². The van der Waals surface area contributed by atoms with Gasteiger partial charge in [0.2, 0.25) is 0 Å². The Hall–Kier alpha value is -2.27. The molecule has 0 fully saturated rings. The molecule has 0 radical (unpaired) electrons. The lowest BCUT2D eigenvalue weighted by Crippen LogP contribution is -2.03. The van der Waals surface area contributed by atoms with Crippen molar-refractivity contribution in [3.05, 3.63) is 35.9 Å². The van der Waals surface area contributed by atoms with Gasteiger partial charge in [0.1, 0.15) is 11.5 Å². The molecule has 2 rings (SSSR count). The number of aromatic hydroxyl groups is 2. The molecule has 0 aliphatic carbocycles. The number of phenols is 2. The van der Waals surface area contributed by atoms with Crippen LogP contribution in [0.1, 0.15) is 10.4 Å². The average Bonchev–Trinajstić information content (AvgIpc) is 2.30. The topological polar surface area (TPSA) is 76.0 Å². The Bertz CT molecular complexity index is 576. The fourth-order valence-electron chi connectivity index (χ4n) is 1.59. The molecule has 2 aromatic rings. The Morgan fingerprint density at radius 1 is 1.12 bits per heavy atom. The molecule has 5 heteroatoms. The number of hydrogen-bond donors (Lipinski definition) is 2. The number of benzene rings is 2. The molecule has 0 saturated heterocycles. The third-order valence-electron chi connectivity index (χ3n) is 2.35.